The molecule has 1 unspecified atom stereocenters. The molecule has 0 aliphatic rings. The number of hydrogen-bond donors (Lipinski definition) is 1. The predicted octanol–water partition coefficient (Wildman–Crippen LogP) is 2.42. The second-order valence-corrected chi connectivity index (χ2v) is 5.91. The molecule has 1 rings (SSSR count). The maximum Gasteiger partial charge on any atom is 0.335 e. The van der Waals surface area contributed by atoms with E-state index in [-0.39, 0.29) is 19.1 Å². The third-order valence-electron chi connectivity index (χ3n) is 2.80. The predicted molar refractivity (Wildman–Crippen MR) is 91.4 cm³/mol. The van der Waals surface area contributed by atoms with Crippen molar-refractivity contribution in [3.63, 3.8) is 0 Å². The summed E-state index contributed by atoms with van der Waals surface area (Å²) in [6.07, 6.45) is 1.69. The molecule has 0 aromatic heterocycles. The van der Waals surface area contributed by atoms with Gasteiger partial charge in [-0.05, 0) is 31.2 Å². The molecule has 1 amide bonds. The van der Waals surface area contributed by atoms with Crippen molar-refractivity contribution in [3.8, 4) is 0 Å². The average molecular weight is 337 g/mol. The Morgan fingerprint density at radius 1 is 1.35 bits per heavy atom. The molecule has 126 valence electrons. The number of carbonyl (C=O) groups excluding carboxylic acids is 2. The highest BCUT2D eigenvalue weighted by Gasteiger charge is 2.15. The highest BCUT2D eigenvalue weighted by atomic mass is 32.2. The van der Waals surface area contributed by atoms with Gasteiger partial charge < -0.3 is 14.8 Å². The van der Waals surface area contributed by atoms with Gasteiger partial charge >= 0.3 is 5.97 Å². The fourth-order valence-electron chi connectivity index (χ4n) is 1.59. The fraction of sp³-hybridized carbons (Fsp3) is 0.412. The minimum atomic E-state index is -0.705. The largest absolute Gasteiger partial charge is 0.454 e. The number of hydrogen-bond acceptors (Lipinski definition) is 5. The Hall–Kier alpha value is -1.79. The van der Waals surface area contributed by atoms with Crippen LogP contribution >= 0.6 is 11.8 Å². The van der Waals surface area contributed by atoms with Gasteiger partial charge in [-0.2, -0.15) is 0 Å². The van der Waals surface area contributed by atoms with E-state index in [0.29, 0.717) is 6.54 Å². The quantitative estimate of drug-likeness (QED) is 0.291. The molecule has 6 heteroatoms. The van der Waals surface area contributed by atoms with Crippen molar-refractivity contribution in [1.82, 2.24) is 5.32 Å². The molecule has 0 saturated heterocycles. The van der Waals surface area contributed by atoms with E-state index in [2.05, 4.69) is 24.0 Å². The Kier molecular flexibility index (Phi) is 9.83. The van der Waals surface area contributed by atoms with E-state index < -0.39 is 12.1 Å². The Bertz CT molecular complexity index is 493. The van der Waals surface area contributed by atoms with Crippen molar-refractivity contribution in [2.24, 2.45) is 0 Å². The summed E-state index contributed by atoms with van der Waals surface area (Å²) in [5.41, 5.74) is 0. The molecular weight excluding hydrogens is 314 g/mol. The number of rotatable bonds is 11. The molecule has 5 nitrogen and oxygen atoms in total. The maximum absolute atomic E-state index is 11.6. The molecule has 0 radical (unpaired) electrons. The van der Waals surface area contributed by atoms with Gasteiger partial charge in [-0.1, -0.05) is 24.3 Å². The summed E-state index contributed by atoms with van der Waals surface area (Å²) >= 11 is 1.74. The van der Waals surface area contributed by atoms with E-state index in [1.54, 1.807) is 24.8 Å². The SMILES string of the molecule is C=CCOC(C)C(=O)OCC(=O)NCCCSc1ccccc1. The van der Waals surface area contributed by atoms with Crippen LogP contribution in [0.15, 0.2) is 47.9 Å². The first kappa shape index (κ1) is 19.3. The van der Waals surface area contributed by atoms with Crippen LogP contribution in [0.4, 0.5) is 0 Å². The Balaban J connectivity index is 2.05. The maximum atomic E-state index is 11.6. The number of ether oxygens (including phenoxy) is 2. The van der Waals surface area contributed by atoms with Crippen LogP contribution in [-0.4, -0.2) is 43.5 Å². The van der Waals surface area contributed by atoms with Gasteiger partial charge in [-0.15, -0.1) is 18.3 Å². The smallest absolute Gasteiger partial charge is 0.335 e. The third-order valence-corrected chi connectivity index (χ3v) is 3.90. The second-order valence-electron chi connectivity index (χ2n) is 4.74. The summed E-state index contributed by atoms with van der Waals surface area (Å²) in [7, 11) is 0. The van der Waals surface area contributed by atoms with E-state index in [4.69, 9.17) is 9.47 Å². The minimum absolute atomic E-state index is 0.265. The van der Waals surface area contributed by atoms with E-state index >= 15 is 0 Å². The Morgan fingerprint density at radius 3 is 2.78 bits per heavy atom. The molecule has 1 aromatic carbocycles. The van der Waals surface area contributed by atoms with Gasteiger partial charge in [0.05, 0.1) is 6.61 Å². The number of thioether (sulfide) groups is 1. The zero-order valence-corrected chi connectivity index (χ0v) is 14.1. The topological polar surface area (TPSA) is 64.6 Å². The van der Waals surface area contributed by atoms with Crippen LogP contribution in [0.1, 0.15) is 13.3 Å². The molecular formula is C17H23NO4S. The van der Waals surface area contributed by atoms with Crippen LogP contribution in [0.3, 0.4) is 0 Å². The number of esters is 1. The molecule has 0 saturated carbocycles. The lowest BCUT2D eigenvalue weighted by atomic mass is 10.4. The highest BCUT2D eigenvalue weighted by Crippen LogP contribution is 2.17. The summed E-state index contributed by atoms with van der Waals surface area (Å²) in [5, 5.41) is 2.72. The van der Waals surface area contributed by atoms with Crippen molar-refractivity contribution in [2.45, 2.75) is 24.3 Å². The van der Waals surface area contributed by atoms with Gasteiger partial charge in [0, 0.05) is 11.4 Å². The average Bonchev–Trinajstić information content (AvgIpc) is 2.58. The molecule has 0 heterocycles. The number of benzene rings is 1. The van der Waals surface area contributed by atoms with Crippen molar-refractivity contribution in [2.75, 3.05) is 25.5 Å². The number of amides is 1. The highest BCUT2D eigenvalue weighted by molar-refractivity contribution is 7.99. The van der Waals surface area contributed by atoms with Crippen LogP contribution in [0, 0.1) is 0 Å². The monoisotopic (exact) mass is 337 g/mol. The third kappa shape index (κ3) is 9.05. The first-order valence-electron chi connectivity index (χ1n) is 7.47. The van der Waals surface area contributed by atoms with Crippen molar-refractivity contribution in [3.05, 3.63) is 43.0 Å². The zero-order valence-electron chi connectivity index (χ0n) is 13.3. The molecule has 1 aromatic rings. The van der Waals surface area contributed by atoms with Crippen molar-refractivity contribution in [1.29, 1.82) is 0 Å². The van der Waals surface area contributed by atoms with Gasteiger partial charge in [0.2, 0.25) is 0 Å². The van der Waals surface area contributed by atoms with E-state index in [9.17, 15) is 9.59 Å². The van der Waals surface area contributed by atoms with Gasteiger partial charge in [-0.25, -0.2) is 4.79 Å². The van der Waals surface area contributed by atoms with E-state index in [1.807, 2.05) is 18.2 Å². The molecule has 23 heavy (non-hydrogen) atoms. The standard InChI is InChI=1S/C17H23NO4S/c1-3-11-21-14(2)17(20)22-13-16(19)18-10-7-12-23-15-8-5-4-6-9-15/h3-6,8-9,14H,1,7,10-13H2,2H3,(H,18,19). The number of carbonyl (C=O) groups is 2. The molecule has 0 spiro atoms. The molecule has 0 bridgehead atoms. The summed E-state index contributed by atoms with van der Waals surface area (Å²) in [6.45, 7) is 5.60. The summed E-state index contributed by atoms with van der Waals surface area (Å²) in [6, 6.07) is 10.1. The first-order chi connectivity index (χ1) is 11.1. The van der Waals surface area contributed by atoms with E-state index in [0.717, 1.165) is 12.2 Å². The van der Waals surface area contributed by atoms with Gasteiger partial charge in [0.1, 0.15) is 0 Å². The van der Waals surface area contributed by atoms with Crippen LogP contribution < -0.4 is 5.32 Å². The Labute approximate surface area is 141 Å². The molecule has 1 N–H and O–H groups in total. The van der Waals surface area contributed by atoms with Crippen LogP contribution in [0.5, 0.6) is 0 Å². The van der Waals surface area contributed by atoms with Crippen LogP contribution in [0.25, 0.3) is 0 Å². The lowest BCUT2D eigenvalue weighted by Crippen LogP contribution is -2.32. The molecule has 0 fully saturated rings. The number of nitrogens with one attached hydrogen (secondary N) is 1. The van der Waals surface area contributed by atoms with Gasteiger partial charge in [-0.3, -0.25) is 4.79 Å². The van der Waals surface area contributed by atoms with Crippen LogP contribution in [0.2, 0.25) is 0 Å². The summed E-state index contributed by atoms with van der Waals surface area (Å²) in [5.74, 6) is 0.0527. The lowest BCUT2D eigenvalue weighted by molar-refractivity contribution is -0.158. The molecule has 1 atom stereocenters. The molecule has 0 aliphatic carbocycles. The lowest BCUT2D eigenvalue weighted by Gasteiger charge is -2.11. The molecule has 0 aliphatic heterocycles. The normalized spacial score (nSPS) is 11.5. The second kappa shape index (κ2) is 11.7. The van der Waals surface area contributed by atoms with Gasteiger partial charge in [0.15, 0.2) is 12.7 Å². The van der Waals surface area contributed by atoms with Crippen molar-refractivity contribution < 1.29 is 19.1 Å². The fourth-order valence-corrected chi connectivity index (χ4v) is 2.47. The van der Waals surface area contributed by atoms with Crippen LogP contribution in [-0.2, 0) is 19.1 Å². The summed E-state index contributed by atoms with van der Waals surface area (Å²) in [4.78, 5) is 24.3. The van der Waals surface area contributed by atoms with Gasteiger partial charge in [0.25, 0.3) is 5.91 Å². The minimum Gasteiger partial charge on any atom is -0.454 e. The van der Waals surface area contributed by atoms with E-state index in [1.165, 1.54) is 4.90 Å². The zero-order chi connectivity index (χ0) is 16.9. The Morgan fingerprint density at radius 2 is 2.09 bits per heavy atom. The van der Waals surface area contributed by atoms with Crippen molar-refractivity contribution >= 4 is 23.6 Å². The first-order valence-corrected chi connectivity index (χ1v) is 8.45. The summed E-state index contributed by atoms with van der Waals surface area (Å²) < 4.78 is 9.99.